The van der Waals surface area contributed by atoms with Crippen LogP contribution in [0.15, 0.2) is 121 Å². The lowest BCUT2D eigenvalue weighted by Gasteiger charge is -2.18. The lowest BCUT2D eigenvalue weighted by Crippen LogP contribution is -2.23. The molecule has 0 aliphatic carbocycles. The number of benzene rings is 4. The number of hydrogen-bond acceptors (Lipinski definition) is 2. The molecule has 2 heterocycles. The van der Waals surface area contributed by atoms with E-state index in [1.807, 2.05) is 0 Å². The number of rotatable bonds is 4. The van der Waals surface area contributed by atoms with E-state index in [4.69, 9.17) is 10.2 Å². The van der Waals surface area contributed by atoms with Crippen molar-refractivity contribution < 1.29 is 0 Å². The molecule has 0 saturated carbocycles. The van der Waals surface area contributed by atoms with Gasteiger partial charge < -0.3 is 0 Å². The molecule has 4 heteroatoms. The highest BCUT2D eigenvalue weighted by Gasteiger charge is 2.19. The molecular weight excluding hydrogens is 409 g/mol. The third-order valence-corrected chi connectivity index (χ3v) is 8.03. The van der Waals surface area contributed by atoms with E-state index in [-0.39, 0.29) is 0 Å². The van der Waals surface area contributed by atoms with Crippen molar-refractivity contribution >= 4 is 45.8 Å². The number of nitrogens with zero attached hydrogens (tertiary/aromatic N) is 3. The second kappa shape index (κ2) is 8.03. The van der Waals surface area contributed by atoms with E-state index in [1.165, 1.54) is 21.4 Å². The summed E-state index contributed by atoms with van der Waals surface area (Å²) in [4.78, 5) is 0. The van der Waals surface area contributed by atoms with Crippen molar-refractivity contribution in [1.82, 2.24) is 14.8 Å². The van der Waals surface area contributed by atoms with E-state index in [9.17, 15) is 0 Å². The minimum absolute atomic E-state index is 0.768. The topological polar surface area (TPSA) is 30.7 Å². The number of hydrogen-bond donors (Lipinski definition) is 0. The molecule has 0 aliphatic heterocycles. The maximum absolute atomic E-state index is 4.76. The normalized spacial score (nSPS) is 11.4. The second-order valence-corrected chi connectivity index (χ2v) is 9.79. The first kappa shape index (κ1) is 18.9. The van der Waals surface area contributed by atoms with E-state index in [2.05, 4.69) is 126 Å². The van der Waals surface area contributed by atoms with E-state index in [0.29, 0.717) is 0 Å². The summed E-state index contributed by atoms with van der Waals surface area (Å²) < 4.78 is 2.20. The summed E-state index contributed by atoms with van der Waals surface area (Å²) in [5.74, 6) is 0.835. The SMILES string of the molecule is c1ccc(P(c2ccccc2)c2ccc(-n3c4ccccc4c4ccccc43)nn2)cc1. The molecule has 3 nitrogen and oxygen atoms in total. The fourth-order valence-corrected chi connectivity index (χ4v) is 6.42. The van der Waals surface area contributed by atoms with Gasteiger partial charge in [-0.1, -0.05) is 97.1 Å². The third-order valence-electron chi connectivity index (χ3n) is 5.70. The Hall–Kier alpha value is -3.81. The average molecular weight is 429 g/mol. The monoisotopic (exact) mass is 429 g/mol. The Balaban J connectivity index is 1.50. The summed E-state index contributed by atoms with van der Waals surface area (Å²) in [5.41, 5.74) is 3.29. The Kier molecular flexibility index (Phi) is 4.75. The molecule has 0 aliphatic rings. The molecule has 152 valence electrons. The first-order valence-corrected chi connectivity index (χ1v) is 12.0. The molecule has 2 aromatic heterocycles. The van der Waals surface area contributed by atoms with Crippen molar-refractivity contribution in [3.05, 3.63) is 121 Å². The van der Waals surface area contributed by atoms with E-state index < -0.39 is 7.92 Å². The maximum Gasteiger partial charge on any atom is 0.160 e. The van der Waals surface area contributed by atoms with Gasteiger partial charge in [0, 0.05) is 18.7 Å². The predicted octanol–water partition coefficient (Wildman–Crippen LogP) is 5.33. The lowest BCUT2D eigenvalue weighted by atomic mass is 10.2. The van der Waals surface area contributed by atoms with Crippen LogP contribution in [0, 0.1) is 0 Å². The molecule has 6 rings (SSSR count). The van der Waals surface area contributed by atoms with Crippen LogP contribution in [-0.4, -0.2) is 14.8 Å². The van der Waals surface area contributed by atoms with Crippen LogP contribution >= 0.6 is 7.92 Å². The Morgan fingerprint density at radius 3 is 1.47 bits per heavy atom. The summed E-state index contributed by atoms with van der Waals surface area (Å²) in [5, 5.41) is 14.5. The van der Waals surface area contributed by atoms with Gasteiger partial charge in [0.15, 0.2) is 5.82 Å². The number of aromatic nitrogens is 3. The van der Waals surface area contributed by atoms with Crippen LogP contribution in [0.4, 0.5) is 0 Å². The summed E-state index contributed by atoms with van der Waals surface area (Å²) in [6.45, 7) is 0. The van der Waals surface area contributed by atoms with E-state index in [0.717, 1.165) is 22.3 Å². The molecule has 0 saturated heterocycles. The van der Waals surface area contributed by atoms with Crippen LogP contribution in [0.3, 0.4) is 0 Å². The van der Waals surface area contributed by atoms with Gasteiger partial charge in [0.05, 0.1) is 16.5 Å². The molecule has 0 atom stereocenters. The summed E-state index contributed by atoms with van der Waals surface area (Å²) in [6.07, 6.45) is 0. The first-order chi connectivity index (χ1) is 15.9. The van der Waals surface area contributed by atoms with Gasteiger partial charge in [0.1, 0.15) is 0 Å². The number of para-hydroxylation sites is 2. The minimum Gasteiger partial charge on any atom is -0.292 e. The second-order valence-electron chi connectivity index (χ2n) is 7.63. The van der Waals surface area contributed by atoms with Gasteiger partial charge >= 0.3 is 0 Å². The van der Waals surface area contributed by atoms with Crippen molar-refractivity contribution in [3.8, 4) is 5.82 Å². The highest BCUT2D eigenvalue weighted by atomic mass is 31.1. The zero-order valence-corrected chi connectivity index (χ0v) is 18.2. The van der Waals surface area contributed by atoms with Gasteiger partial charge in [-0.05, 0) is 34.9 Å². The fraction of sp³-hybridized carbons (Fsp3) is 0. The highest BCUT2D eigenvalue weighted by molar-refractivity contribution is 7.79. The van der Waals surface area contributed by atoms with Gasteiger partial charge in [0.2, 0.25) is 0 Å². The van der Waals surface area contributed by atoms with Crippen LogP contribution < -0.4 is 16.0 Å². The zero-order valence-electron chi connectivity index (χ0n) is 17.3. The molecule has 0 bridgehead atoms. The molecule has 6 aromatic rings. The van der Waals surface area contributed by atoms with Gasteiger partial charge in [-0.2, -0.15) is 0 Å². The molecule has 4 aromatic carbocycles. The molecule has 0 fully saturated rings. The third kappa shape index (κ3) is 3.19. The summed E-state index contributed by atoms with van der Waals surface area (Å²) >= 11 is 0. The quantitative estimate of drug-likeness (QED) is 0.355. The smallest absolute Gasteiger partial charge is 0.160 e. The first-order valence-electron chi connectivity index (χ1n) is 10.6. The average Bonchev–Trinajstić information content (AvgIpc) is 3.21. The molecule has 0 spiro atoms. The minimum atomic E-state index is -0.768. The van der Waals surface area contributed by atoms with Crippen LogP contribution in [-0.2, 0) is 0 Å². The largest absolute Gasteiger partial charge is 0.292 e. The van der Waals surface area contributed by atoms with Crippen LogP contribution in [0.1, 0.15) is 0 Å². The van der Waals surface area contributed by atoms with E-state index in [1.54, 1.807) is 0 Å². The molecule has 0 amide bonds. The molecule has 0 N–H and O–H groups in total. The predicted molar refractivity (Wildman–Crippen MR) is 135 cm³/mol. The molecular formula is C28H20N3P. The van der Waals surface area contributed by atoms with Crippen LogP contribution in [0.5, 0.6) is 0 Å². The van der Waals surface area contributed by atoms with Crippen molar-refractivity contribution in [2.45, 2.75) is 0 Å². The van der Waals surface area contributed by atoms with Crippen molar-refractivity contribution in [2.24, 2.45) is 0 Å². The molecule has 0 unspecified atom stereocenters. The fourth-order valence-electron chi connectivity index (χ4n) is 4.29. The van der Waals surface area contributed by atoms with E-state index >= 15 is 0 Å². The summed E-state index contributed by atoms with van der Waals surface area (Å²) in [6, 6.07) is 42.4. The van der Waals surface area contributed by atoms with Crippen molar-refractivity contribution in [1.29, 1.82) is 0 Å². The van der Waals surface area contributed by atoms with Crippen LogP contribution in [0.25, 0.3) is 27.6 Å². The van der Waals surface area contributed by atoms with Crippen molar-refractivity contribution in [2.75, 3.05) is 0 Å². The van der Waals surface area contributed by atoms with Gasteiger partial charge in [-0.25, -0.2) is 0 Å². The van der Waals surface area contributed by atoms with Gasteiger partial charge in [0.25, 0.3) is 0 Å². The lowest BCUT2D eigenvalue weighted by molar-refractivity contribution is 0.971. The van der Waals surface area contributed by atoms with Gasteiger partial charge in [-0.15, -0.1) is 10.2 Å². The maximum atomic E-state index is 4.76. The highest BCUT2D eigenvalue weighted by Crippen LogP contribution is 2.33. The molecule has 0 radical (unpaired) electrons. The standard InChI is InChI=1S/C28H20N3P/c1-3-11-21(12-4-1)32(22-13-5-2-6-14-22)28-20-19-27(29-30-28)31-25-17-9-7-15-23(25)24-16-8-10-18-26(24)31/h1-20H. The Morgan fingerprint density at radius 1 is 0.469 bits per heavy atom. The molecule has 32 heavy (non-hydrogen) atoms. The summed E-state index contributed by atoms with van der Waals surface area (Å²) in [7, 11) is -0.768. The Bertz CT molecular complexity index is 1410. The van der Waals surface area contributed by atoms with Gasteiger partial charge in [-0.3, -0.25) is 4.57 Å². The zero-order chi connectivity index (χ0) is 21.3. The number of fused-ring (bicyclic) bond motifs is 3. The Morgan fingerprint density at radius 2 is 0.969 bits per heavy atom. The Labute approximate surface area is 187 Å². The van der Waals surface area contributed by atoms with Crippen LogP contribution in [0.2, 0.25) is 0 Å². The van der Waals surface area contributed by atoms with Crippen molar-refractivity contribution in [3.63, 3.8) is 0 Å².